The molecule has 1 aliphatic heterocycles. The molecule has 4 aromatic rings. The largest absolute Gasteiger partial charge is 0.353 e. The van der Waals surface area contributed by atoms with Crippen LogP contribution < -0.4 is 5.32 Å². The third kappa shape index (κ3) is 5.49. The molecule has 180 valence electrons. The summed E-state index contributed by atoms with van der Waals surface area (Å²) in [6.45, 7) is 5.13. The molecular weight excluding hydrogens is 430 g/mol. The van der Waals surface area contributed by atoms with Crippen molar-refractivity contribution in [2.75, 3.05) is 13.1 Å². The summed E-state index contributed by atoms with van der Waals surface area (Å²) in [6, 6.07) is 28.0. The lowest BCUT2D eigenvalue weighted by Gasteiger charge is -2.32. The summed E-state index contributed by atoms with van der Waals surface area (Å²) in [6.07, 6.45) is 4.66. The molecule has 1 N–H and O–H groups in total. The Hall–Kier alpha value is -3.37. The summed E-state index contributed by atoms with van der Waals surface area (Å²) < 4.78 is 2.17. The third-order valence-corrected chi connectivity index (χ3v) is 7.37. The van der Waals surface area contributed by atoms with Gasteiger partial charge in [0, 0.05) is 62.2 Å². The highest BCUT2D eigenvalue weighted by molar-refractivity contribution is 5.86. The van der Waals surface area contributed by atoms with Crippen molar-refractivity contribution in [2.24, 2.45) is 7.05 Å². The third-order valence-electron chi connectivity index (χ3n) is 7.37. The molecule has 0 bridgehead atoms. The molecule has 1 saturated heterocycles. The molecule has 1 fully saturated rings. The molecule has 2 heterocycles. The highest BCUT2D eigenvalue weighted by Gasteiger charge is 2.25. The maximum atomic E-state index is 13.3. The van der Waals surface area contributed by atoms with Gasteiger partial charge in [0.2, 0.25) is 5.91 Å². The van der Waals surface area contributed by atoms with Gasteiger partial charge in [-0.3, -0.25) is 9.69 Å². The SMILES string of the molecule is Cc1ccc(C(CC(=O)NC2CCN(Cc3ccccc3)CC2)c2cn(C)c3ccccc23)cc1. The van der Waals surface area contributed by atoms with E-state index in [4.69, 9.17) is 0 Å². The zero-order valence-electron chi connectivity index (χ0n) is 20.8. The van der Waals surface area contributed by atoms with E-state index in [0.29, 0.717) is 6.42 Å². The Labute approximate surface area is 208 Å². The van der Waals surface area contributed by atoms with Crippen LogP contribution in [0.5, 0.6) is 0 Å². The van der Waals surface area contributed by atoms with Gasteiger partial charge >= 0.3 is 0 Å². The first-order chi connectivity index (χ1) is 17.1. The standard InChI is InChI=1S/C31H35N3O/c1-23-12-14-25(15-13-23)28(29-22-33(2)30-11-7-6-10-27(29)30)20-31(35)32-26-16-18-34(19-17-26)21-24-8-4-3-5-9-24/h3-15,22,26,28H,16-21H2,1-2H3,(H,32,35). The Kier molecular flexibility index (Phi) is 7.01. The van der Waals surface area contributed by atoms with Crippen LogP contribution in [0.4, 0.5) is 0 Å². The number of rotatable bonds is 7. The molecule has 3 aromatic carbocycles. The first-order valence-corrected chi connectivity index (χ1v) is 12.7. The minimum Gasteiger partial charge on any atom is -0.353 e. The van der Waals surface area contributed by atoms with Crippen LogP contribution in [0.25, 0.3) is 10.9 Å². The van der Waals surface area contributed by atoms with E-state index in [-0.39, 0.29) is 17.9 Å². The molecule has 35 heavy (non-hydrogen) atoms. The number of likely N-dealkylation sites (tertiary alicyclic amines) is 1. The van der Waals surface area contributed by atoms with Crippen LogP contribution in [0.3, 0.4) is 0 Å². The number of carbonyl (C=O) groups is 1. The van der Waals surface area contributed by atoms with Crippen molar-refractivity contribution < 1.29 is 4.79 Å². The lowest BCUT2D eigenvalue weighted by molar-refractivity contribution is -0.122. The molecule has 0 saturated carbocycles. The summed E-state index contributed by atoms with van der Waals surface area (Å²) in [5.74, 6) is 0.171. The van der Waals surface area contributed by atoms with E-state index in [0.717, 1.165) is 32.5 Å². The number of amides is 1. The second-order valence-corrected chi connectivity index (χ2v) is 9.98. The zero-order valence-corrected chi connectivity index (χ0v) is 20.8. The quantitative estimate of drug-likeness (QED) is 0.375. The Morgan fingerprint density at radius 3 is 2.37 bits per heavy atom. The van der Waals surface area contributed by atoms with E-state index < -0.39 is 0 Å². The first-order valence-electron chi connectivity index (χ1n) is 12.7. The predicted molar refractivity (Wildman–Crippen MR) is 143 cm³/mol. The smallest absolute Gasteiger partial charge is 0.221 e. The number of nitrogens with one attached hydrogen (secondary N) is 1. The number of aryl methyl sites for hydroxylation is 2. The lowest BCUT2D eigenvalue weighted by atomic mass is 9.87. The molecule has 5 rings (SSSR count). The second-order valence-electron chi connectivity index (χ2n) is 9.98. The zero-order chi connectivity index (χ0) is 24.2. The molecule has 0 radical (unpaired) electrons. The van der Waals surface area contributed by atoms with Crippen molar-refractivity contribution in [3.05, 3.63) is 107 Å². The van der Waals surface area contributed by atoms with Gasteiger partial charge in [-0.25, -0.2) is 0 Å². The molecule has 0 spiro atoms. The van der Waals surface area contributed by atoms with Crippen LogP contribution in [0.2, 0.25) is 0 Å². The molecular formula is C31H35N3O. The molecule has 4 heteroatoms. The van der Waals surface area contributed by atoms with E-state index >= 15 is 0 Å². The van der Waals surface area contributed by atoms with Crippen molar-refractivity contribution in [1.29, 1.82) is 0 Å². The predicted octanol–water partition coefficient (Wildman–Crippen LogP) is 5.79. The second kappa shape index (κ2) is 10.5. The minimum atomic E-state index is 0.0277. The normalized spacial score (nSPS) is 15.8. The monoisotopic (exact) mass is 465 g/mol. The van der Waals surface area contributed by atoms with Gasteiger partial charge in [0.15, 0.2) is 0 Å². The highest BCUT2D eigenvalue weighted by Crippen LogP contribution is 2.34. The highest BCUT2D eigenvalue weighted by atomic mass is 16.1. The van der Waals surface area contributed by atoms with Crippen LogP contribution in [-0.4, -0.2) is 34.5 Å². The number of aromatic nitrogens is 1. The topological polar surface area (TPSA) is 37.3 Å². The van der Waals surface area contributed by atoms with Crippen LogP contribution in [0.1, 0.15) is 47.4 Å². The van der Waals surface area contributed by atoms with Gasteiger partial charge in [-0.1, -0.05) is 78.4 Å². The summed E-state index contributed by atoms with van der Waals surface area (Å²) in [7, 11) is 2.08. The number of hydrogen-bond acceptors (Lipinski definition) is 2. The van der Waals surface area contributed by atoms with Crippen molar-refractivity contribution in [2.45, 2.75) is 44.7 Å². The number of fused-ring (bicyclic) bond motifs is 1. The summed E-state index contributed by atoms with van der Waals surface area (Å²) >= 11 is 0. The van der Waals surface area contributed by atoms with Gasteiger partial charge in [-0.05, 0) is 42.5 Å². The van der Waals surface area contributed by atoms with Gasteiger partial charge in [-0.2, -0.15) is 0 Å². The Morgan fingerprint density at radius 2 is 1.63 bits per heavy atom. The molecule has 4 nitrogen and oxygen atoms in total. The van der Waals surface area contributed by atoms with Gasteiger partial charge in [0.05, 0.1) is 0 Å². The molecule has 1 aromatic heterocycles. The number of para-hydroxylation sites is 1. The Balaban J connectivity index is 1.27. The fraction of sp³-hybridized carbons (Fsp3) is 0.323. The fourth-order valence-electron chi connectivity index (χ4n) is 5.41. The first kappa shape index (κ1) is 23.4. The maximum absolute atomic E-state index is 13.3. The number of nitrogens with zero attached hydrogens (tertiary/aromatic N) is 2. The average Bonchev–Trinajstić information content (AvgIpc) is 3.21. The number of hydrogen-bond donors (Lipinski definition) is 1. The fourth-order valence-corrected chi connectivity index (χ4v) is 5.41. The van der Waals surface area contributed by atoms with Crippen LogP contribution in [0, 0.1) is 6.92 Å². The average molecular weight is 466 g/mol. The van der Waals surface area contributed by atoms with Gasteiger partial charge in [-0.15, -0.1) is 0 Å². The van der Waals surface area contributed by atoms with Crippen molar-refractivity contribution in [3.63, 3.8) is 0 Å². The summed E-state index contributed by atoms with van der Waals surface area (Å²) in [5, 5.41) is 4.59. The van der Waals surface area contributed by atoms with E-state index in [2.05, 4.69) is 114 Å². The molecule has 1 aliphatic rings. The molecule has 0 aliphatic carbocycles. The maximum Gasteiger partial charge on any atom is 0.221 e. The Morgan fingerprint density at radius 1 is 0.943 bits per heavy atom. The van der Waals surface area contributed by atoms with Gasteiger partial charge in [0.1, 0.15) is 0 Å². The van der Waals surface area contributed by atoms with E-state index in [1.807, 2.05) is 0 Å². The van der Waals surface area contributed by atoms with Crippen molar-refractivity contribution >= 4 is 16.8 Å². The molecule has 1 unspecified atom stereocenters. The lowest BCUT2D eigenvalue weighted by Crippen LogP contribution is -2.44. The molecule has 1 atom stereocenters. The van der Waals surface area contributed by atoms with Gasteiger partial charge in [0.25, 0.3) is 0 Å². The van der Waals surface area contributed by atoms with Crippen LogP contribution >= 0.6 is 0 Å². The van der Waals surface area contributed by atoms with E-state index in [1.165, 1.54) is 33.2 Å². The summed E-state index contributed by atoms with van der Waals surface area (Å²) in [4.78, 5) is 15.8. The minimum absolute atomic E-state index is 0.0277. The van der Waals surface area contributed by atoms with Gasteiger partial charge < -0.3 is 9.88 Å². The van der Waals surface area contributed by atoms with Crippen LogP contribution in [-0.2, 0) is 18.4 Å². The van der Waals surface area contributed by atoms with Crippen LogP contribution in [0.15, 0.2) is 85.1 Å². The number of carbonyl (C=O) groups excluding carboxylic acids is 1. The Bertz CT molecular complexity index is 1270. The number of benzene rings is 3. The van der Waals surface area contributed by atoms with Crippen molar-refractivity contribution in [3.8, 4) is 0 Å². The molecule has 1 amide bonds. The number of piperidine rings is 1. The van der Waals surface area contributed by atoms with E-state index in [9.17, 15) is 4.79 Å². The van der Waals surface area contributed by atoms with Crippen molar-refractivity contribution in [1.82, 2.24) is 14.8 Å². The summed E-state index contributed by atoms with van der Waals surface area (Å²) in [5.41, 5.74) is 6.20. The van der Waals surface area contributed by atoms with E-state index in [1.54, 1.807) is 0 Å².